The van der Waals surface area contributed by atoms with Gasteiger partial charge >= 0.3 is 0 Å². The molecule has 4 nitrogen and oxygen atoms in total. The first-order chi connectivity index (χ1) is 11.7. The molecule has 2 aromatic rings. The van der Waals surface area contributed by atoms with E-state index in [-0.39, 0.29) is 0 Å². The summed E-state index contributed by atoms with van der Waals surface area (Å²) < 4.78 is 39.8. The molecule has 2 rings (SSSR count). The van der Waals surface area contributed by atoms with Crippen molar-refractivity contribution in [1.82, 2.24) is 4.98 Å². The number of benzene rings is 1. The summed E-state index contributed by atoms with van der Waals surface area (Å²) in [5.41, 5.74) is 1.33. The number of nitriles is 1. The van der Waals surface area contributed by atoms with Crippen LogP contribution in [0.25, 0.3) is 0 Å². The fourth-order valence-electron chi connectivity index (χ4n) is 2.10. The Labute approximate surface area is 147 Å². The summed E-state index contributed by atoms with van der Waals surface area (Å²) >= 11 is 1.03. The van der Waals surface area contributed by atoms with E-state index in [4.69, 9.17) is 0 Å². The summed E-state index contributed by atoms with van der Waals surface area (Å²) in [5.74, 6) is -5.08. The third-order valence-corrected chi connectivity index (χ3v) is 4.46. The highest BCUT2D eigenvalue weighted by molar-refractivity contribution is 8.00. The standard InChI is InChI=1S/C17H14F3N3OS/c1-8-6-9(2)22-17(11(8)7-21)25-10(3)16(24)23-13-5-4-12(18)14(19)15(13)20/h4-6,10H,1-3H3,(H,23,24)/t10-/m1/s1. The molecule has 0 aliphatic carbocycles. The van der Waals surface area contributed by atoms with Crippen LogP contribution in [-0.2, 0) is 4.79 Å². The number of amides is 1. The third-order valence-electron chi connectivity index (χ3n) is 3.37. The number of carbonyl (C=O) groups excluding carboxylic acids is 1. The van der Waals surface area contributed by atoms with E-state index in [1.807, 2.05) is 6.07 Å². The zero-order valence-electron chi connectivity index (χ0n) is 13.7. The van der Waals surface area contributed by atoms with Crippen LogP contribution in [0.15, 0.2) is 23.2 Å². The molecular formula is C17H14F3N3OS. The number of carbonyl (C=O) groups is 1. The second-order valence-corrected chi connectivity index (χ2v) is 6.67. The summed E-state index contributed by atoms with van der Waals surface area (Å²) in [6, 6.07) is 5.47. The van der Waals surface area contributed by atoms with Crippen LogP contribution in [0.4, 0.5) is 18.9 Å². The van der Waals surface area contributed by atoms with E-state index in [9.17, 15) is 23.2 Å². The monoisotopic (exact) mass is 365 g/mol. The number of nitrogens with zero attached hydrogens (tertiary/aromatic N) is 2. The summed E-state index contributed by atoms with van der Waals surface area (Å²) in [4.78, 5) is 16.5. The average Bonchev–Trinajstić information content (AvgIpc) is 2.55. The first-order valence-electron chi connectivity index (χ1n) is 7.24. The van der Waals surface area contributed by atoms with Gasteiger partial charge in [0.2, 0.25) is 5.91 Å². The lowest BCUT2D eigenvalue weighted by Gasteiger charge is -2.14. The van der Waals surface area contributed by atoms with Gasteiger partial charge in [-0.05, 0) is 44.5 Å². The minimum atomic E-state index is -1.65. The van der Waals surface area contributed by atoms with Gasteiger partial charge in [-0.3, -0.25) is 4.79 Å². The van der Waals surface area contributed by atoms with Crippen LogP contribution in [0, 0.1) is 42.6 Å². The number of anilines is 1. The minimum Gasteiger partial charge on any atom is -0.323 e. The highest BCUT2D eigenvalue weighted by Gasteiger charge is 2.21. The van der Waals surface area contributed by atoms with Gasteiger partial charge in [0.15, 0.2) is 17.5 Å². The van der Waals surface area contributed by atoms with Gasteiger partial charge < -0.3 is 5.32 Å². The van der Waals surface area contributed by atoms with Crippen molar-refractivity contribution in [2.75, 3.05) is 5.32 Å². The third kappa shape index (κ3) is 4.12. The van der Waals surface area contributed by atoms with Crippen molar-refractivity contribution in [3.8, 4) is 6.07 Å². The maximum atomic E-state index is 13.6. The van der Waals surface area contributed by atoms with E-state index in [1.54, 1.807) is 19.9 Å². The molecule has 25 heavy (non-hydrogen) atoms. The van der Waals surface area contributed by atoms with E-state index in [2.05, 4.69) is 10.3 Å². The van der Waals surface area contributed by atoms with Crippen LogP contribution in [-0.4, -0.2) is 16.1 Å². The lowest BCUT2D eigenvalue weighted by atomic mass is 10.1. The van der Waals surface area contributed by atoms with Crippen molar-refractivity contribution in [3.05, 3.63) is 52.5 Å². The first kappa shape index (κ1) is 18.8. The number of hydrogen-bond donors (Lipinski definition) is 1. The Morgan fingerprint density at radius 2 is 1.96 bits per heavy atom. The van der Waals surface area contributed by atoms with Crippen molar-refractivity contribution in [2.45, 2.75) is 31.0 Å². The molecule has 0 saturated carbocycles. The topological polar surface area (TPSA) is 65.8 Å². The van der Waals surface area contributed by atoms with Crippen molar-refractivity contribution in [1.29, 1.82) is 5.26 Å². The van der Waals surface area contributed by atoms with Crippen molar-refractivity contribution in [3.63, 3.8) is 0 Å². The van der Waals surface area contributed by atoms with Crippen LogP contribution in [0.5, 0.6) is 0 Å². The molecule has 0 spiro atoms. The molecule has 1 aromatic carbocycles. The molecule has 130 valence electrons. The van der Waals surface area contributed by atoms with Gasteiger partial charge in [0.1, 0.15) is 11.1 Å². The Bertz CT molecular complexity index is 880. The van der Waals surface area contributed by atoms with E-state index >= 15 is 0 Å². The molecule has 0 bridgehead atoms. The van der Waals surface area contributed by atoms with Crippen molar-refractivity contribution in [2.24, 2.45) is 0 Å². The minimum absolute atomic E-state index is 0.356. The smallest absolute Gasteiger partial charge is 0.237 e. The Morgan fingerprint density at radius 3 is 2.60 bits per heavy atom. The van der Waals surface area contributed by atoms with E-state index < -0.39 is 34.3 Å². The maximum absolute atomic E-state index is 13.6. The maximum Gasteiger partial charge on any atom is 0.237 e. The molecule has 0 unspecified atom stereocenters. The van der Waals surface area contributed by atoms with Gasteiger partial charge in [0.25, 0.3) is 0 Å². The fraction of sp³-hybridized carbons (Fsp3) is 0.235. The molecule has 0 saturated heterocycles. The van der Waals surface area contributed by atoms with E-state index in [0.29, 0.717) is 16.3 Å². The molecular weight excluding hydrogens is 351 g/mol. The lowest BCUT2D eigenvalue weighted by molar-refractivity contribution is -0.115. The van der Waals surface area contributed by atoms with Crippen LogP contribution in [0.3, 0.4) is 0 Å². The Kier molecular flexibility index (Phi) is 5.69. The van der Waals surface area contributed by atoms with Gasteiger partial charge in [-0.2, -0.15) is 5.26 Å². The molecule has 0 radical (unpaired) electrons. The first-order valence-corrected chi connectivity index (χ1v) is 8.12. The second kappa shape index (κ2) is 7.57. The molecule has 1 aromatic heterocycles. The summed E-state index contributed by atoms with van der Waals surface area (Å²) in [5, 5.41) is 11.1. The number of nitrogens with one attached hydrogen (secondary N) is 1. The van der Waals surface area contributed by atoms with Crippen LogP contribution in [0.1, 0.15) is 23.7 Å². The van der Waals surface area contributed by atoms with Gasteiger partial charge in [-0.15, -0.1) is 0 Å². The SMILES string of the molecule is Cc1cc(C)c(C#N)c(S[C@H](C)C(=O)Nc2ccc(F)c(F)c2F)n1. The number of halogens is 3. The molecule has 1 N–H and O–H groups in total. The molecule has 0 fully saturated rings. The number of rotatable bonds is 4. The van der Waals surface area contributed by atoms with Crippen LogP contribution < -0.4 is 5.32 Å². The Morgan fingerprint density at radius 1 is 1.28 bits per heavy atom. The van der Waals surface area contributed by atoms with Crippen molar-refractivity contribution < 1.29 is 18.0 Å². The van der Waals surface area contributed by atoms with E-state index in [1.165, 1.54) is 6.92 Å². The number of hydrogen-bond acceptors (Lipinski definition) is 4. The van der Waals surface area contributed by atoms with Gasteiger partial charge in [0.05, 0.1) is 16.5 Å². The molecule has 1 heterocycles. The van der Waals surface area contributed by atoms with Crippen LogP contribution in [0.2, 0.25) is 0 Å². The second-order valence-electron chi connectivity index (χ2n) is 5.34. The Hall–Kier alpha value is -2.53. The molecule has 1 atom stereocenters. The predicted octanol–water partition coefficient (Wildman–Crippen LogP) is 4.11. The molecule has 0 aliphatic rings. The average molecular weight is 365 g/mol. The van der Waals surface area contributed by atoms with Gasteiger partial charge in [-0.25, -0.2) is 18.2 Å². The van der Waals surface area contributed by atoms with E-state index in [0.717, 1.165) is 29.5 Å². The molecule has 0 aliphatic heterocycles. The zero-order chi connectivity index (χ0) is 18.7. The summed E-state index contributed by atoms with van der Waals surface area (Å²) in [6.07, 6.45) is 0. The Balaban J connectivity index is 2.20. The number of pyridine rings is 1. The molecule has 8 heteroatoms. The van der Waals surface area contributed by atoms with Crippen LogP contribution >= 0.6 is 11.8 Å². The quantitative estimate of drug-likeness (QED) is 0.654. The molecule has 1 amide bonds. The highest BCUT2D eigenvalue weighted by Crippen LogP contribution is 2.28. The number of aromatic nitrogens is 1. The fourth-order valence-corrected chi connectivity index (χ4v) is 3.12. The summed E-state index contributed by atoms with van der Waals surface area (Å²) in [7, 11) is 0. The lowest BCUT2D eigenvalue weighted by Crippen LogP contribution is -2.23. The van der Waals surface area contributed by atoms with Gasteiger partial charge in [-0.1, -0.05) is 11.8 Å². The normalized spacial score (nSPS) is 11.7. The zero-order valence-corrected chi connectivity index (χ0v) is 14.5. The van der Waals surface area contributed by atoms with Gasteiger partial charge in [0, 0.05) is 5.69 Å². The van der Waals surface area contributed by atoms with Crippen molar-refractivity contribution >= 4 is 23.4 Å². The number of aryl methyl sites for hydroxylation is 2. The predicted molar refractivity (Wildman–Crippen MR) is 88.7 cm³/mol. The highest BCUT2D eigenvalue weighted by atomic mass is 32.2. The summed E-state index contributed by atoms with van der Waals surface area (Å²) in [6.45, 7) is 5.07. The number of thioether (sulfide) groups is 1. The largest absolute Gasteiger partial charge is 0.323 e.